The normalized spacial score (nSPS) is 18.9. The van der Waals surface area contributed by atoms with Crippen LogP contribution >= 0.6 is 15.9 Å². The van der Waals surface area contributed by atoms with Crippen molar-refractivity contribution in [1.29, 1.82) is 0 Å². The third-order valence-corrected chi connectivity index (χ3v) is 4.88. The van der Waals surface area contributed by atoms with E-state index in [9.17, 15) is 4.79 Å². The predicted octanol–water partition coefficient (Wildman–Crippen LogP) is 2.27. The van der Waals surface area contributed by atoms with Crippen molar-refractivity contribution in [2.45, 2.75) is 19.9 Å². The molecular formula is C16H21BrN2O3. The minimum Gasteiger partial charge on any atom is -0.486 e. The Morgan fingerprint density at radius 1 is 1.14 bits per heavy atom. The van der Waals surface area contributed by atoms with Crippen molar-refractivity contribution in [3.05, 3.63) is 22.2 Å². The minimum atomic E-state index is 0.169. The molecule has 0 saturated carbocycles. The molecule has 0 aromatic heterocycles. The molecule has 1 saturated heterocycles. The van der Waals surface area contributed by atoms with Gasteiger partial charge in [0.2, 0.25) is 5.91 Å². The van der Waals surface area contributed by atoms with E-state index in [1.807, 2.05) is 11.0 Å². The lowest BCUT2D eigenvalue weighted by Crippen LogP contribution is -2.33. The number of amides is 1. The summed E-state index contributed by atoms with van der Waals surface area (Å²) in [4.78, 5) is 15.8. The van der Waals surface area contributed by atoms with Crippen molar-refractivity contribution in [3.8, 4) is 11.5 Å². The molecular weight excluding hydrogens is 348 g/mol. The SMILES string of the molecule is CC(=O)N1CCCN(Cc2cc3c(cc2Br)OCCO3)CC1. The average molecular weight is 369 g/mol. The van der Waals surface area contributed by atoms with E-state index in [2.05, 4.69) is 26.9 Å². The fraction of sp³-hybridized carbons (Fsp3) is 0.562. The van der Waals surface area contributed by atoms with Gasteiger partial charge in [0.1, 0.15) is 13.2 Å². The van der Waals surface area contributed by atoms with Crippen molar-refractivity contribution in [3.63, 3.8) is 0 Å². The van der Waals surface area contributed by atoms with E-state index in [0.717, 1.165) is 55.1 Å². The molecule has 0 radical (unpaired) electrons. The molecule has 0 aliphatic carbocycles. The summed E-state index contributed by atoms with van der Waals surface area (Å²) in [6.45, 7) is 7.27. The van der Waals surface area contributed by atoms with Gasteiger partial charge in [-0.05, 0) is 24.1 Å². The van der Waals surface area contributed by atoms with Gasteiger partial charge in [0.15, 0.2) is 11.5 Å². The van der Waals surface area contributed by atoms with Gasteiger partial charge in [0.25, 0.3) is 0 Å². The van der Waals surface area contributed by atoms with Crippen LogP contribution in [-0.4, -0.2) is 55.1 Å². The first-order valence-electron chi connectivity index (χ1n) is 7.69. The topological polar surface area (TPSA) is 42.0 Å². The molecule has 2 aliphatic heterocycles. The largest absolute Gasteiger partial charge is 0.486 e. The van der Waals surface area contributed by atoms with Crippen LogP contribution in [0.3, 0.4) is 0 Å². The molecule has 1 fully saturated rings. The first kappa shape index (κ1) is 15.6. The smallest absolute Gasteiger partial charge is 0.219 e. The van der Waals surface area contributed by atoms with Crippen LogP contribution in [-0.2, 0) is 11.3 Å². The second kappa shape index (κ2) is 6.87. The number of ether oxygens (including phenoxy) is 2. The number of carbonyl (C=O) groups is 1. The van der Waals surface area contributed by atoms with Gasteiger partial charge >= 0.3 is 0 Å². The maximum Gasteiger partial charge on any atom is 0.219 e. The Morgan fingerprint density at radius 2 is 1.86 bits per heavy atom. The van der Waals surface area contributed by atoms with Gasteiger partial charge in [-0.1, -0.05) is 15.9 Å². The zero-order valence-electron chi connectivity index (χ0n) is 12.8. The molecule has 6 heteroatoms. The van der Waals surface area contributed by atoms with Crippen molar-refractivity contribution < 1.29 is 14.3 Å². The van der Waals surface area contributed by atoms with Crippen molar-refractivity contribution in [2.24, 2.45) is 0 Å². The highest BCUT2D eigenvalue weighted by Crippen LogP contribution is 2.36. The first-order valence-corrected chi connectivity index (χ1v) is 8.48. The summed E-state index contributed by atoms with van der Waals surface area (Å²) >= 11 is 3.63. The number of hydrogen-bond acceptors (Lipinski definition) is 4. The fourth-order valence-electron chi connectivity index (χ4n) is 2.91. The Hall–Kier alpha value is -1.27. The maximum atomic E-state index is 11.5. The molecule has 5 nitrogen and oxygen atoms in total. The number of fused-ring (bicyclic) bond motifs is 1. The average Bonchev–Trinajstić information content (AvgIpc) is 2.74. The maximum absolute atomic E-state index is 11.5. The second-order valence-electron chi connectivity index (χ2n) is 5.72. The summed E-state index contributed by atoms with van der Waals surface area (Å²) in [5.41, 5.74) is 1.19. The van der Waals surface area contributed by atoms with E-state index in [-0.39, 0.29) is 5.91 Å². The fourth-order valence-corrected chi connectivity index (χ4v) is 3.36. The number of benzene rings is 1. The number of rotatable bonds is 2. The highest BCUT2D eigenvalue weighted by atomic mass is 79.9. The zero-order chi connectivity index (χ0) is 15.5. The quantitative estimate of drug-likeness (QED) is 0.802. The van der Waals surface area contributed by atoms with Crippen molar-refractivity contribution in [2.75, 3.05) is 39.4 Å². The lowest BCUT2D eigenvalue weighted by atomic mass is 10.1. The lowest BCUT2D eigenvalue weighted by molar-refractivity contribution is -0.128. The molecule has 0 unspecified atom stereocenters. The van der Waals surface area contributed by atoms with E-state index in [1.54, 1.807) is 6.92 Å². The highest BCUT2D eigenvalue weighted by molar-refractivity contribution is 9.10. The second-order valence-corrected chi connectivity index (χ2v) is 6.58. The zero-order valence-corrected chi connectivity index (χ0v) is 14.4. The molecule has 2 heterocycles. The Bertz CT molecular complexity index is 565. The van der Waals surface area contributed by atoms with E-state index in [1.165, 1.54) is 5.56 Å². The molecule has 0 bridgehead atoms. The van der Waals surface area contributed by atoms with Gasteiger partial charge in [0, 0.05) is 44.1 Å². The van der Waals surface area contributed by atoms with E-state index >= 15 is 0 Å². The number of carbonyl (C=O) groups excluding carboxylic acids is 1. The number of hydrogen-bond donors (Lipinski definition) is 0. The molecule has 1 aromatic carbocycles. The summed E-state index contributed by atoms with van der Waals surface area (Å²) in [5, 5.41) is 0. The summed E-state index contributed by atoms with van der Waals surface area (Å²) in [6.07, 6.45) is 1.02. The molecule has 1 amide bonds. The van der Waals surface area contributed by atoms with Gasteiger partial charge in [-0.3, -0.25) is 9.69 Å². The molecule has 120 valence electrons. The summed E-state index contributed by atoms with van der Waals surface area (Å²) in [7, 11) is 0. The first-order chi connectivity index (χ1) is 10.6. The number of nitrogens with zero attached hydrogens (tertiary/aromatic N) is 2. The van der Waals surface area contributed by atoms with Gasteiger partial charge in [-0.15, -0.1) is 0 Å². The van der Waals surface area contributed by atoms with Crippen LogP contribution in [0.15, 0.2) is 16.6 Å². The Morgan fingerprint density at radius 3 is 2.59 bits per heavy atom. The van der Waals surface area contributed by atoms with Gasteiger partial charge in [-0.25, -0.2) is 0 Å². The molecule has 0 N–H and O–H groups in total. The van der Waals surface area contributed by atoms with Crippen LogP contribution in [0.4, 0.5) is 0 Å². The highest BCUT2D eigenvalue weighted by Gasteiger charge is 2.19. The number of halogens is 1. The predicted molar refractivity (Wildman–Crippen MR) is 87.3 cm³/mol. The third kappa shape index (κ3) is 3.55. The standard InChI is InChI=1S/C16H21BrN2O3/c1-12(20)19-4-2-3-18(5-6-19)11-13-9-15-16(10-14(13)17)22-8-7-21-15/h9-10H,2-8,11H2,1H3. The molecule has 22 heavy (non-hydrogen) atoms. The van der Waals surface area contributed by atoms with Crippen LogP contribution in [0.5, 0.6) is 11.5 Å². The van der Waals surface area contributed by atoms with E-state index in [4.69, 9.17) is 9.47 Å². The van der Waals surface area contributed by atoms with Crippen LogP contribution in [0.1, 0.15) is 18.9 Å². The molecule has 3 rings (SSSR count). The van der Waals surface area contributed by atoms with Crippen molar-refractivity contribution in [1.82, 2.24) is 9.80 Å². The Kier molecular flexibility index (Phi) is 4.88. The van der Waals surface area contributed by atoms with Crippen LogP contribution in [0.2, 0.25) is 0 Å². The Balaban J connectivity index is 1.69. The van der Waals surface area contributed by atoms with Gasteiger partial charge in [-0.2, -0.15) is 0 Å². The van der Waals surface area contributed by atoms with E-state index < -0.39 is 0 Å². The molecule has 1 aromatic rings. The van der Waals surface area contributed by atoms with Crippen LogP contribution in [0, 0.1) is 0 Å². The third-order valence-electron chi connectivity index (χ3n) is 4.14. The monoisotopic (exact) mass is 368 g/mol. The van der Waals surface area contributed by atoms with Gasteiger partial charge < -0.3 is 14.4 Å². The molecule has 0 spiro atoms. The van der Waals surface area contributed by atoms with Crippen LogP contribution in [0.25, 0.3) is 0 Å². The summed E-state index contributed by atoms with van der Waals surface area (Å²) in [5.74, 6) is 1.80. The van der Waals surface area contributed by atoms with Crippen molar-refractivity contribution >= 4 is 21.8 Å². The molecule has 2 aliphatic rings. The Labute approximate surface area is 139 Å². The summed E-state index contributed by atoms with van der Waals surface area (Å²) in [6, 6.07) is 4.05. The summed E-state index contributed by atoms with van der Waals surface area (Å²) < 4.78 is 12.3. The minimum absolute atomic E-state index is 0.169. The van der Waals surface area contributed by atoms with Gasteiger partial charge in [0.05, 0.1) is 0 Å². The van der Waals surface area contributed by atoms with E-state index in [0.29, 0.717) is 13.2 Å². The lowest BCUT2D eigenvalue weighted by Gasteiger charge is -2.24. The van der Waals surface area contributed by atoms with Crippen LogP contribution < -0.4 is 9.47 Å². The molecule has 0 atom stereocenters.